The van der Waals surface area contributed by atoms with Gasteiger partial charge in [0, 0.05) is 6.07 Å². The summed E-state index contributed by atoms with van der Waals surface area (Å²) in [7, 11) is 0. The van der Waals surface area contributed by atoms with Gasteiger partial charge in [-0.2, -0.15) is 0 Å². The molecule has 0 unspecified atom stereocenters. The third-order valence-corrected chi connectivity index (χ3v) is 1.77. The second-order valence-corrected chi connectivity index (χ2v) is 3.51. The molecule has 86 valence electrons. The number of halogens is 1. The monoisotopic (exact) mass is 242 g/mol. The van der Waals surface area contributed by atoms with E-state index in [4.69, 9.17) is 10.5 Å². The number of carbonyl (C=O) groups is 1. The normalized spacial score (nSPS) is 9.56. The Morgan fingerprint density at radius 2 is 2.31 bits per heavy atom. The SMILES string of the molecule is NC(=S)CNC(=O)COc1cccc(F)c1. The van der Waals surface area contributed by atoms with Crippen LogP contribution in [0.2, 0.25) is 0 Å². The molecule has 0 fully saturated rings. The summed E-state index contributed by atoms with van der Waals surface area (Å²) in [5.41, 5.74) is 5.19. The predicted octanol–water partition coefficient (Wildman–Crippen LogP) is 0.607. The number of nitrogens with two attached hydrogens (primary N) is 1. The van der Waals surface area contributed by atoms with Crippen LogP contribution in [0.15, 0.2) is 24.3 Å². The van der Waals surface area contributed by atoms with Crippen LogP contribution in [-0.4, -0.2) is 24.0 Å². The third kappa shape index (κ3) is 4.70. The molecule has 1 aromatic rings. The number of carbonyl (C=O) groups excluding carboxylic acids is 1. The van der Waals surface area contributed by atoms with Crippen LogP contribution in [0.5, 0.6) is 5.75 Å². The number of hydrogen-bond acceptors (Lipinski definition) is 3. The molecular weight excluding hydrogens is 231 g/mol. The van der Waals surface area contributed by atoms with Crippen molar-refractivity contribution in [3.05, 3.63) is 30.1 Å². The van der Waals surface area contributed by atoms with E-state index in [0.29, 0.717) is 5.75 Å². The van der Waals surface area contributed by atoms with Crippen LogP contribution in [-0.2, 0) is 4.79 Å². The molecule has 1 rings (SSSR count). The maximum absolute atomic E-state index is 12.7. The highest BCUT2D eigenvalue weighted by molar-refractivity contribution is 7.80. The fraction of sp³-hybridized carbons (Fsp3) is 0.200. The van der Waals surface area contributed by atoms with Gasteiger partial charge in [0.25, 0.3) is 5.91 Å². The number of hydrogen-bond donors (Lipinski definition) is 2. The standard InChI is InChI=1S/C10H11FN2O2S/c11-7-2-1-3-8(4-7)15-6-10(14)13-5-9(12)16/h1-4H,5-6H2,(H2,12,16)(H,13,14). The van der Waals surface area contributed by atoms with Crippen molar-refractivity contribution in [3.63, 3.8) is 0 Å². The summed E-state index contributed by atoms with van der Waals surface area (Å²) >= 11 is 4.58. The van der Waals surface area contributed by atoms with Crippen molar-refractivity contribution < 1.29 is 13.9 Å². The summed E-state index contributed by atoms with van der Waals surface area (Å²) < 4.78 is 17.8. The van der Waals surface area contributed by atoms with Crippen LogP contribution >= 0.6 is 12.2 Å². The van der Waals surface area contributed by atoms with E-state index in [-0.39, 0.29) is 24.0 Å². The van der Waals surface area contributed by atoms with Gasteiger partial charge in [-0.1, -0.05) is 18.3 Å². The minimum atomic E-state index is -0.416. The summed E-state index contributed by atoms with van der Waals surface area (Å²) in [6, 6.07) is 5.54. The van der Waals surface area contributed by atoms with Crippen molar-refractivity contribution in [3.8, 4) is 5.75 Å². The van der Waals surface area contributed by atoms with E-state index in [1.807, 2.05) is 0 Å². The van der Waals surface area contributed by atoms with E-state index >= 15 is 0 Å². The van der Waals surface area contributed by atoms with E-state index in [1.165, 1.54) is 18.2 Å². The van der Waals surface area contributed by atoms with Gasteiger partial charge in [-0.15, -0.1) is 0 Å². The minimum Gasteiger partial charge on any atom is -0.484 e. The molecule has 0 aromatic heterocycles. The van der Waals surface area contributed by atoms with E-state index in [9.17, 15) is 9.18 Å². The summed E-state index contributed by atoms with van der Waals surface area (Å²) in [6.07, 6.45) is 0. The number of thiocarbonyl (C=S) groups is 1. The first-order chi connectivity index (χ1) is 7.58. The maximum atomic E-state index is 12.7. The zero-order chi connectivity index (χ0) is 12.0. The van der Waals surface area contributed by atoms with Gasteiger partial charge < -0.3 is 15.8 Å². The minimum absolute atomic E-state index is 0.126. The van der Waals surface area contributed by atoms with Gasteiger partial charge in [-0.25, -0.2) is 4.39 Å². The number of nitrogens with one attached hydrogen (secondary N) is 1. The van der Waals surface area contributed by atoms with E-state index in [0.717, 1.165) is 0 Å². The molecule has 0 bridgehead atoms. The van der Waals surface area contributed by atoms with Crippen molar-refractivity contribution in [2.24, 2.45) is 5.73 Å². The smallest absolute Gasteiger partial charge is 0.258 e. The fourth-order valence-corrected chi connectivity index (χ4v) is 1.01. The first kappa shape index (κ1) is 12.4. The van der Waals surface area contributed by atoms with Crippen LogP contribution in [0.4, 0.5) is 4.39 Å². The van der Waals surface area contributed by atoms with Gasteiger partial charge in [0.1, 0.15) is 11.6 Å². The van der Waals surface area contributed by atoms with E-state index < -0.39 is 5.82 Å². The average Bonchev–Trinajstić information content (AvgIpc) is 2.23. The van der Waals surface area contributed by atoms with Gasteiger partial charge in [0.05, 0.1) is 11.5 Å². The number of amides is 1. The molecule has 3 N–H and O–H groups in total. The van der Waals surface area contributed by atoms with Crippen LogP contribution in [0.25, 0.3) is 0 Å². The van der Waals surface area contributed by atoms with E-state index in [1.54, 1.807) is 6.07 Å². The molecule has 4 nitrogen and oxygen atoms in total. The highest BCUT2D eigenvalue weighted by Crippen LogP contribution is 2.11. The number of benzene rings is 1. The van der Waals surface area contributed by atoms with Crippen molar-refractivity contribution in [2.45, 2.75) is 0 Å². The molecule has 0 spiro atoms. The van der Waals surface area contributed by atoms with Gasteiger partial charge in [-0.05, 0) is 12.1 Å². The average molecular weight is 242 g/mol. The molecule has 0 radical (unpaired) electrons. The van der Waals surface area contributed by atoms with Crippen molar-refractivity contribution in [1.29, 1.82) is 0 Å². The second kappa shape index (κ2) is 6.02. The molecule has 0 saturated heterocycles. The lowest BCUT2D eigenvalue weighted by atomic mass is 10.3. The quantitative estimate of drug-likeness (QED) is 0.742. The van der Waals surface area contributed by atoms with Gasteiger partial charge in [0.2, 0.25) is 0 Å². The molecule has 0 saturated carbocycles. The molecule has 0 aliphatic carbocycles. The van der Waals surface area contributed by atoms with Gasteiger partial charge in [0.15, 0.2) is 6.61 Å². The van der Waals surface area contributed by atoms with Gasteiger partial charge >= 0.3 is 0 Å². The Hall–Kier alpha value is -1.69. The zero-order valence-electron chi connectivity index (χ0n) is 8.40. The van der Waals surface area contributed by atoms with Gasteiger partial charge in [-0.3, -0.25) is 4.79 Å². The number of ether oxygens (including phenoxy) is 1. The Labute approximate surface area is 97.6 Å². The zero-order valence-corrected chi connectivity index (χ0v) is 9.22. The molecule has 0 heterocycles. The first-order valence-electron chi connectivity index (χ1n) is 4.51. The lowest BCUT2D eigenvalue weighted by Gasteiger charge is -2.06. The largest absolute Gasteiger partial charge is 0.484 e. The Kier molecular flexibility index (Phi) is 4.65. The Morgan fingerprint density at radius 1 is 1.56 bits per heavy atom. The number of rotatable bonds is 5. The molecule has 0 aliphatic heterocycles. The summed E-state index contributed by atoms with van der Waals surface area (Å²) in [5, 5.41) is 2.44. The Bertz CT molecular complexity index is 398. The highest BCUT2D eigenvalue weighted by atomic mass is 32.1. The van der Waals surface area contributed by atoms with Crippen LogP contribution < -0.4 is 15.8 Å². The highest BCUT2D eigenvalue weighted by Gasteiger charge is 2.03. The topological polar surface area (TPSA) is 64.3 Å². The summed E-state index contributed by atoms with van der Waals surface area (Å²) in [4.78, 5) is 11.4. The van der Waals surface area contributed by atoms with E-state index in [2.05, 4.69) is 17.5 Å². The molecule has 1 amide bonds. The lowest BCUT2D eigenvalue weighted by molar-refractivity contribution is -0.122. The van der Waals surface area contributed by atoms with Crippen LogP contribution in [0.3, 0.4) is 0 Å². The molecule has 1 aromatic carbocycles. The van der Waals surface area contributed by atoms with Crippen molar-refractivity contribution in [1.82, 2.24) is 5.32 Å². The van der Waals surface area contributed by atoms with Crippen molar-refractivity contribution in [2.75, 3.05) is 13.2 Å². The lowest BCUT2D eigenvalue weighted by Crippen LogP contribution is -2.35. The fourth-order valence-electron chi connectivity index (χ4n) is 0.942. The molecular formula is C10H11FN2O2S. The molecule has 0 aliphatic rings. The molecule has 6 heteroatoms. The predicted molar refractivity (Wildman–Crippen MR) is 61.7 cm³/mol. The Morgan fingerprint density at radius 3 is 2.94 bits per heavy atom. The molecule has 16 heavy (non-hydrogen) atoms. The van der Waals surface area contributed by atoms with Crippen LogP contribution in [0.1, 0.15) is 0 Å². The first-order valence-corrected chi connectivity index (χ1v) is 4.92. The van der Waals surface area contributed by atoms with Crippen molar-refractivity contribution >= 4 is 23.1 Å². The summed E-state index contributed by atoms with van der Waals surface area (Å²) in [5.74, 6) is -0.483. The maximum Gasteiger partial charge on any atom is 0.258 e. The van der Waals surface area contributed by atoms with Crippen LogP contribution in [0, 0.1) is 5.82 Å². The molecule has 0 atom stereocenters. The third-order valence-electron chi connectivity index (χ3n) is 1.63. The Balaban J connectivity index is 2.34. The second-order valence-electron chi connectivity index (χ2n) is 2.99. The summed E-state index contributed by atoms with van der Waals surface area (Å²) in [6.45, 7) is -0.0766.